The maximum absolute atomic E-state index is 11.8. The number of hydrogen-bond donors (Lipinski definition) is 0. The molecule has 1 aromatic rings. The number of benzene rings is 1. The maximum atomic E-state index is 11.8. The highest BCUT2D eigenvalue weighted by atomic mass is 16.5. The lowest BCUT2D eigenvalue weighted by Crippen LogP contribution is -2.24. The fourth-order valence-electron chi connectivity index (χ4n) is 2.18. The molecule has 1 aromatic carbocycles. The van der Waals surface area contributed by atoms with E-state index in [9.17, 15) is 4.79 Å². The lowest BCUT2D eigenvalue weighted by atomic mass is 9.91. The van der Waals surface area contributed by atoms with Crippen molar-refractivity contribution in [2.24, 2.45) is 4.99 Å². The summed E-state index contributed by atoms with van der Waals surface area (Å²) in [6.07, 6.45) is 0.552. The highest BCUT2D eigenvalue weighted by Gasteiger charge is 2.20. The molecule has 0 fully saturated rings. The van der Waals surface area contributed by atoms with Crippen molar-refractivity contribution in [3.05, 3.63) is 33.9 Å². The monoisotopic (exact) mass is 261 g/mol. The molecule has 0 bridgehead atoms. The van der Waals surface area contributed by atoms with Gasteiger partial charge in [-0.05, 0) is 69.2 Å². The minimum Gasteiger partial charge on any atom is -0.464 e. The predicted octanol–water partition coefficient (Wildman–Crippen LogP) is 3.10. The molecule has 0 heterocycles. The molecule has 3 heteroatoms. The van der Waals surface area contributed by atoms with Crippen LogP contribution in [0.4, 0.5) is 0 Å². The largest absolute Gasteiger partial charge is 0.464 e. The lowest BCUT2D eigenvalue weighted by molar-refractivity contribution is -0.144. The number of carbonyl (C=O) groups is 1. The molecular formula is C16H23NO2. The molecule has 0 saturated heterocycles. The van der Waals surface area contributed by atoms with E-state index in [-0.39, 0.29) is 5.97 Å². The van der Waals surface area contributed by atoms with Gasteiger partial charge in [0.05, 0.1) is 6.61 Å². The van der Waals surface area contributed by atoms with Gasteiger partial charge in [-0.2, -0.15) is 0 Å². The Hall–Kier alpha value is -1.64. The third kappa shape index (κ3) is 3.43. The summed E-state index contributed by atoms with van der Waals surface area (Å²) in [6.45, 7) is 14.1. The van der Waals surface area contributed by atoms with Crippen molar-refractivity contribution in [3.8, 4) is 0 Å². The molecule has 1 atom stereocenters. The molecule has 104 valence electrons. The summed E-state index contributed by atoms with van der Waals surface area (Å²) in [5, 5.41) is 0. The molecule has 1 rings (SSSR count). The summed E-state index contributed by atoms with van der Waals surface area (Å²) in [4.78, 5) is 15.7. The van der Waals surface area contributed by atoms with Gasteiger partial charge in [0.1, 0.15) is 0 Å². The standard InChI is InChI=1S/C16H23NO2/c1-7-19-16(18)15(17-6)9-14-8-10(2)11(3)12(4)13(14)5/h8,15H,6-7,9H2,1-5H3. The molecule has 0 aliphatic rings. The lowest BCUT2D eigenvalue weighted by Gasteiger charge is -2.17. The van der Waals surface area contributed by atoms with Crippen LogP contribution in [0.1, 0.15) is 34.7 Å². The zero-order valence-corrected chi connectivity index (χ0v) is 12.5. The number of hydrogen-bond acceptors (Lipinski definition) is 3. The molecule has 19 heavy (non-hydrogen) atoms. The van der Waals surface area contributed by atoms with E-state index in [1.165, 1.54) is 22.3 Å². The van der Waals surface area contributed by atoms with Gasteiger partial charge < -0.3 is 4.74 Å². The van der Waals surface area contributed by atoms with Crippen molar-refractivity contribution in [1.29, 1.82) is 0 Å². The van der Waals surface area contributed by atoms with Crippen molar-refractivity contribution >= 4 is 12.7 Å². The zero-order valence-electron chi connectivity index (χ0n) is 12.5. The summed E-state index contributed by atoms with van der Waals surface area (Å²) < 4.78 is 5.02. The summed E-state index contributed by atoms with van der Waals surface area (Å²) >= 11 is 0. The highest BCUT2D eigenvalue weighted by molar-refractivity contribution is 5.77. The Kier molecular flexibility index (Phi) is 5.28. The van der Waals surface area contributed by atoms with Crippen LogP contribution in [-0.4, -0.2) is 25.3 Å². The normalized spacial score (nSPS) is 12.1. The first-order valence-electron chi connectivity index (χ1n) is 6.61. The van der Waals surface area contributed by atoms with Crippen molar-refractivity contribution < 1.29 is 9.53 Å². The van der Waals surface area contributed by atoms with Crippen LogP contribution in [0.15, 0.2) is 11.1 Å². The Balaban J connectivity index is 3.04. The minimum absolute atomic E-state index is 0.298. The van der Waals surface area contributed by atoms with Gasteiger partial charge in [-0.15, -0.1) is 0 Å². The van der Waals surface area contributed by atoms with Gasteiger partial charge in [-0.1, -0.05) is 6.07 Å². The predicted molar refractivity (Wildman–Crippen MR) is 79.1 cm³/mol. The van der Waals surface area contributed by atoms with Crippen LogP contribution < -0.4 is 0 Å². The number of ether oxygens (including phenoxy) is 1. The molecule has 0 aromatic heterocycles. The molecule has 0 amide bonds. The number of aliphatic imine (C=N–C) groups is 1. The molecule has 0 saturated carbocycles. The van der Waals surface area contributed by atoms with Crippen LogP contribution in [-0.2, 0) is 16.0 Å². The summed E-state index contributed by atoms with van der Waals surface area (Å²) in [5.74, 6) is -0.298. The Labute approximate surface area is 115 Å². The smallest absolute Gasteiger partial charge is 0.331 e. The second-order valence-electron chi connectivity index (χ2n) is 4.88. The average molecular weight is 261 g/mol. The average Bonchev–Trinajstić information content (AvgIpc) is 2.39. The molecule has 3 nitrogen and oxygen atoms in total. The second-order valence-corrected chi connectivity index (χ2v) is 4.88. The highest BCUT2D eigenvalue weighted by Crippen LogP contribution is 2.23. The van der Waals surface area contributed by atoms with Crippen molar-refractivity contribution in [2.75, 3.05) is 6.61 Å². The molecule has 1 unspecified atom stereocenters. The number of nitrogens with zero attached hydrogens (tertiary/aromatic N) is 1. The van der Waals surface area contributed by atoms with Gasteiger partial charge in [0.15, 0.2) is 6.04 Å². The van der Waals surface area contributed by atoms with E-state index in [1.54, 1.807) is 6.92 Å². The molecule has 0 radical (unpaired) electrons. The van der Waals surface area contributed by atoms with E-state index >= 15 is 0 Å². The SMILES string of the molecule is C=NC(Cc1cc(C)c(C)c(C)c1C)C(=O)OCC. The van der Waals surface area contributed by atoms with Crippen molar-refractivity contribution in [3.63, 3.8) is 0 Å². The molecule has 0 N–H and O–H groups in total. The van der Waals surface area contributed by atoms with Crippen LogP contribution in [0.5, 0.6) is 0 Å². The van der Waals surface area contributed by atoms with Gasteiger partial charge in [0, 0.05) is 6.42 Å². The summed E-state index contributed by atoms with van der Waals surface area (Å²) in [7, 11) is 0. The van der Waals surface area contributed by atoms with Gasteiger partial charge in [-0.3, -0.25) is 4.99 Å². The topological polar surface area (TPSA) is 38.7 Å². The third-order valence-corrected chi connectivity index (χ3v) is 3.78. The van der Waals surface area contributed by atoms with E-state index in [0.717, 1.165) is 5.56 Å². The first-order chi connectivity index (χ1) is 8.92. The zero-order chi connectivity index (χ0) is 14.6. The Bertz CT molecular complexity index is 492. The number of esters is 1. The third-order valence-electron chi connectivity index (χ3n) is 3.78. The first-order valence-corrected chi connectivity index (χ1v) is 6.61. The van der Waals surface area contributed by atoms with E-state index < -0.39 is 6.04 Å². The Morgan fingerprint density at radius 1 is 1.26 bits per heavy atom. The molecule has 0 spiro atoms. The van der Waals surface area contributed by atoms with Gasteiger partial charge >= 0.3 is 5.97 Å². The second kappa shape index (κ2) is 6.50. The number of rotatable bonds is 5. The van der Waals surface area contributed by atoms with E-state index in [0.29, 0.717) is 13.0 Å². The Morgan fingerprint density at radius 2 is 1.89 bits per heavy atom. The van der Waals surface area contributed by atoms with Gasteiger partial charge in [-0.25, -0.2) is 4.79 Å². The summed E-state index contributed by atoms with van der Waals surface area (Å²) in [6, 6.07) is 1.62. The quantitative estimate of drug-likeness (QED) is 0.603. The fourth-order valence-corrected chi connectivity index (χ4v) is 2.18. The van der Waals surface area contributed by atoms with Crippen LogP contribution in [0.2, 0.25) is 0 Å². The van der Waals surface area contributed by atoms with E-state index in [4.69, 9.17) is 4.74 Å². The molecular weight excluding hydrogens is 238 g/mol. The molecule has 0 aliphatic heterocycles. The van der Waals surface area contributed by atoms with Crippen LogP contribution >= 0.6 is 0 Å². The van der Waals surface area contributed by atoms with Crippen molar-refractivity contribution in [2.45, 2.75) is 47.1 Å². The van der Waals surface area contributed by atoms with Gasteiger partial charge in [0.25, 0.3) is 0 Å². The Morgan fingerprint density at radius 3 is 2.42 bits per heavy atom. The first kappa shape index (κ1) is 15.4. The van der Waals surface area contributed by atoms with Crippen molar-refractivity contribution in [1.82, 2.24) is 0 Å². The fraction of sp³-hybridized carbons (Fsp3) is 0.500. The summed E-state index contributed by atoms with van der Waals surface area (Å²) in [5.41, 5.74) is 6.19. The number of aryl methyl sites for hydroxylation is 1. The maximum Gasteiger partial charge on any atom is 0.331 e. The van der Waals surface area contributed by atoms with Crippen LogP contribution in [0.25, 0.3) is 0 Å². The van der Waals surface area contributed by atoms with Crippen LogP contribution in [0.3, 0.4) is 0 Å². The van der Waals surface area contributed by atoms with Gasteiger partial charge in [0.2, 0.25) is 0 Å². The molecule has 0 aliphatic carbocycles. The number of carbonyl (C=O) groups excluding carboxylic acids is 1. The van der Waals surface area contributed by atoms with Crippen LogP contribution in [0, 0.1) is 27.7 Å². The van der Waals surface area contributed by atoms with E-state index in [2.05, 4.69) is 45.5 Å². The van der Waals surface area contributed by atoms with E-state index in [1.807, 2.05) is 0 Å². The minimum atomic E-state index is -0.514.